The van der Waals surface area contributed by atoms with Gasteiger partial charge < -0.3 is 5.32 Å². The average molecular weight is 396 g/mol. The van der Waals surface area contributed by atoms with E-state index in [4.69, 9.17) is 0 Å². The van der Waals surface area contributed by atoms with Crippen LogP contribution in [-0.2, 0) is 14.8 Å². The average Bonchev–Trinajstić information content (AvgIpc) is 2.99. The summed E-state index contributed by atoms with van der Waals surface area (Å²) in [5.74, 6) is -0.383. The Morgan fingerprint density at radius 3 is 2.46 bits per heavy atom. The van der Waals surface area contributed by atoms with Crippen LogP contribution in [0.1, 0.15) is 37.4 Å². The summed E-state index contributed by atoms with van der Waals surface area (Å²) < 4.78 is 27.2. The Labute approximate surface area is 159 Å². The maximum absolute atomic E-state index is 13.0. The lowest BCUT2D eigenvalue weighted by atomic mass is 10.2. The topological polar surface area (TPSA) is 79.4 Å². The smallest absolute Gasteiger partial charge is 0.243 e. The molecule has 1 amide bonds. The van der Waals surface area contributed by atoms with Crippen molar-refractivity contribution in [2.24, 2.45) is 0 Å². The van der Waals surface area contributed by atoms with Crippen LogP contribution >= 0.6 is 11.3 Å². The number of carbonyl (C=O) groups excluding carboxylic acids is 1. The minimum absolute atomic E-state index is 0.206. The Morgan fingerprint density at radius 2 is 1.88 bits per heavy atom. The van der Waals surface area contributed by atoms with Crippen molar-refractivity contribution in [2.45, 2.75) is 44.9 Å². The molecule has 6 nitrogen and oxygen atoms in total. The van der Waals surface area contributed by atoms with Crippen molar-refractivity contribution in [2.75, 3.05) is 18.4 Å². The predicted octanol–water partition coefficient (Wildman–Crippen LogP) is 3.58. The second kappa shape index (κ2) is 9.25. The Balaban J connectivity index is 2.15. The molecular weight excluding hydrogens is 370 g/mol. The van der Waals surface area contributed by atoms with Gasteiger partial charge >= 0.3 is 0 Å². The van der Waals surface area contributed by atoms with Gasteiger partial charge in [0.05, 0.1) is 17.1 Å². The molecule has 0 atom stereocenters. The zero-order valence-corrected chi connectivity index (χ0v) is 17.0. The van der Waals surface area contributed by atoms with Crippen LogP contribution in [0.5, 0.6) is 0 Å². The Morgan fingerprint density at radius 1 is 1.19 bits per heavy atom. The van der Waals surface area contributed by atoms with Crippen LogP contribution in [0, 0.1) is 13.8 Å². The number of benzene rings is 1. The molecule has 0 saturated carbocycles. The molecule has 2 aromatic rings. The molecule has 2 rings (SSSR count). The van der Waals surface area contributed by atoms with E-state index in [-0.39, 0.29) is 17.3 Å². The number of aryl methyl sites for hydroxylation is 2. The second-order valence-corrected chi connectivity index (χ2v) is 9.00. The molecule has 1 aromatic carbocycles. The van der Waals surface area contributed by atoms with Gasteiger partial charge in [-0.1, -0.05) is 37.5 Å². The first-order valence-corrected chi connectivity index (χ1v) is 10.9. The zero-order valence-electron chi connectivity index (χ0n) is 15.4. The number of rotatable bonds is 9. The highest BCUT2D eigenvalue weighted by atomic mass is 32.2. The third-order valence-electron chi connectivity index (χ3n) is 3.86. The standard InChI is InChI=1S/C18H25N3O3S2/c1-4-5-6-11-21(12-17(22)20-18-19-15(3)13-25-18)26(23,24)16-9-7-14(2)8-10-16/h7-10,13H,4-6,11-12H2,1-3H3,(H,19,20,22). The fourth-order valence-electron chi connectivity index (χ4n) is 2.41. The Bertz CT molecular complexity index is 830. The van der Waals surface area contributed by atoms with Crippen molar-refractivity contribution in [1.82, 2.24) is 9.29 Å². The number of hydrogen-bond acceptors (Lipinski definition) is 5. The van der Waals surface area contributed by atoms with E-state index in [0.29, 0.717) is 18.1 Å². The number of carbonyl (C=O) groups is 1. The van der Waals surface area contributed by atoms with E-state index >= 15 is 0 Å². The molecule has 0 aliphatic carbocycles. The number of amides is 1. The van der Waals surface area contributed by atoms with Crippen molar-refractivity contribution in [1.29, 1.82) is 0 Å². The SMILES string of the molecule is CCCCCN(CC(=O)Nc1nc(C)cs1)S(=O)(=O)c1ccc(C)cc1. The summed E-state index contributed by atoms with van der Waals surface area (Å²) in [7, 11) is -3.72. The monoisotopic (exact) mass is 395 g/mol. The fraction of sp³-hybridized carbons (Fsp3) is 0.444. The lowest BCUT2D eigenvalue weighted by Gasteiger charge is -2.21. The van der Waals surface area contributed by atoms with E-state index in [2.05, 4.69) is 17.2 Å². The van der Waals surface area contributed by atoms with Crippen molar-refractivity contribution in [3.63, 3.8) is 0 Å². The number of nitrogens with one attached hydrogen (secondary N) is 1. The molecule has 0 fully saturated rings. The first-order valence-electron chi connectivity index (χ1n) is 8.61. The number of hydrogen-bond donors (Lipinski definition) is 1. The quantitative estimate of drug-likeness (QED) is 0.658. The van der Waals surface area contributed by atoms with Gasteiger partial charge in [-0.3, -0.25) is 4.79 Å². The number of anilines is 1. The largest absolute Gasteiger partial charge is 0.301 e. The van der Waals surface area contributed by atoms with Crippen LogP contribution in [0.25, 0.3) is 0 Å². The van der Waals surface area contributed by atoms with Crippen LogP contribution in [-0.4, -0.2) is 36.7 Å². The predicted molar refractivity (Wildman–Crippen MR) is 105 cm³/mol. The van der Waals surface area contributed by atoms with Crippen molar-refractivity contribution in [3.8, 4) is 0 Å². The van der Waals surface area contributed by atoms with Gasteiger partial charge in [-0.2, -0.15) is 4.31 Å². The van der Waals surface area contributed by atoms with Gasteiger partial charge in [-0.25, -0.2) is 13.4 Å². The van der Waals surface area contributed by atoms with Gasteiger partial charge in [-0.15, -0.1) is 11.3 Å². The molecule has 0 saturated heterocycles. The molecule has 0 aliphatic heterocycles. The van der Waals surface area contributed by atoms with Gasteiger partial charge in [0.2, 0.25) is 15.9 Å². The lowest BCUT2D eigenvalue weighted by molar-refractivity contribution is -0.116. The summed E-state index contributed by atoms with van der Waals surface area (Å²) in [6.07, 6.45) is 2.60. The maximum atomic E-state index is 13.0. The highest BCUT2D eigenvalue weighted by molar-refractivity contribution is 7.89. The normalized spacial score (nSPS) is 11.7. The van der Waals surface area contributed by atoms with E-state index in [1.54, 1.807) is 24.3 Å². The van der Waals surface area contributed by atoms with Crippen LogP contribution in [0.3, 0.4) is 0 Å². The molecule has 0 spiro atoms. The van der Waals surface area contributed by atoms with Gasteiger partial charge in [-0.05, 0) is 32.4 Å². The molecule has 26 heavy (non-hydrogen) atoms. The highest BCUT2D eigenvalue weighted by Crippen LogP contribution is 2.18. The molecule has 1 aromatic heterocycles. The Hall–Kier alpha value is -1.77. The molecule has 142 valence electrons. The van der Waals surface area contributed by atoms with E-state index in [1.165, 1.54) is 15.6 Å². The third kappa shape index (κ3) is 5.62. The summed E-state index contributed by atoms with van der Waals surface area (Å²) >= 11 is 1.32. The van der Waals surface area contributed by atoms with E-state index in [9.17, 15) is 13.2 Å². The van der Waals surface area contributed by atoms with Crippen molar-refractivity contribution < 1.29 is 13.2 Å². The van der Waals surface area contributed by atoms with Gasteiger partial charge in [0, 0.05) is 11.9 Å². The van der Waals surface area contributed by atoms with Crippen LogP contribution in [0.4, 0.5) is 5.13 Å². The fourth-order valence-corrected chi connectivity index (χ4v) is 4.55. The first-order chi connectivity index (χ1) is 12.3. The van der Waals surface area contributed by atoms with Gasteiger partial charge in [0.1, 0.15) is 0 Å². The molecule has 0 radical (unpaired) electrons. The number of sulfonamides is 1. The molecule has 8 heteroatoms. The molecule has 0 aliphatic rings. The summed E-state index contributed by atoms with van der Waals surface area (Å²) in [5.41, 5.74) is 1.80. The molecular formula is C18H25N3O3S2. The second-order valence-electron chi connectivity index (χ2n) is 6.20. The van der Waals surface area contributed by atoms with E-state index in [1.807, 2.05) is 19.2 Å². The summed E-state index contributed by atoms with van der Waals surface area (Å²) in [6, 6.07) is 6.68. The number of nitrogens with zero attached hydrogens (tertiary/aromatic N) is 2. The minimum Gasteiger partial charge on any atom is -0.301 e. The van der Waals surface area contributed by atoms with Crippen molar-refractivity contribution in [3.05, 3.63) is 40.9 Å². The van der Waals surface area contributed by atoms with Crippen LogP contribution < -0.4 is 5.32 Å². The first kappa shape index (κ1) is 20.5. The summed E-state index contributed by atoms with van der Waals surface area (Å²) in [5, 5.41) is 4.99. The van der Waals surface area contributed by atoms with Crippen molar-refractivity contribution >= 4 is 32.4 Å². The number of thiazole rings is 1. The van der Waals surface area contributed by atoms with Gasteiger partial charge in [0.25, 0.3) is 0 Å². The summed E-state index contributed by atoms with van der Waals surface area (Å²) in [6.45, 7) is 5.88. The van der Waals surface area contributed by atoms with E-state index in [0.717, 1.165) is 24.1 Å². The molecule has 0 bridgehead atoms. The summed E-state index contributed by atoms with van der Waals surface area (Å²) in [4.78, 5) is 16.7. The van der Waals surface area contributed by atoms with Gasteiger partial charge in [0.15, 0.2) is 5.13 Å². The van der Waals surface area contributed by atoms with E-state index < -0.39 is 10.0 Å². The zero-order chi connectivity index (χ0) is 19.2. The highest BCUT2D eigenvalue weighted by Gasteiger charge is 2.26. The molecule has 1 N–H and O–H groups in total. The number of unbranched alkanes of at least 4 members (excludes halogenated alkanes) is 2. The Kier molecular flexibility index (Phi) is 7.31. The maximum Gasteiger partial charge on any atom is 0.243 e. The van der Waals surface area contributed by atoms with Crippen LogP contribution in [0.2, 0.25) is 0 Å². The minimum atomic E-state index is -3.72. The molecule has 0 unspecified atom stereocenters. The third-order valence-corrected chi connectivity index (χ3v) is 6.59. The van der Waals surface area contributed by atoms with Crippen LogP contribution in [0.15, 0.2) is 34.5 Å². The number of aromatic nitrogens is 1. The molecule has 1 heterocycles. The lowest BCUT2D eigenvalue weighted by Crippen LogP contribution is -2.38.